The number of esters is 1. The lowest BCUT2D eigenvalue weighted by Gasteiger charge is -2.43. The zero-order valence-electron chi connectivity index (χ0n) is 24.5. The molecule has 6 nitrogen and oxygen atoms in total. The van der Waals surface area contributed by atoms with Crippen molar-refractivity contribution in [3.8, 4) is 0 Å². The smallest absolute Gasteiger partial charge is 0.305 e. The van der Waals surface area contributed by atoms with Crippen LogP contribution in [0, 0.1) is 5.41 Å². The van der Waals surface area contributed by atoms with Gasteiger partial charge >= 0.3 is 5.97 Å². The van der Waals surface area contributed by atoms with Crippen LogP contribution in [0.1, 0.15) is 115 Å². The molecule has 204 valence electrons. The van der Waals surface area contributed by atoms with Gasteiger partial charge in [0.15, 0.2) is 0 Å². The summed E-state index contributed by atoms with van der Waals surface area (Å²) in [7, 11) is 0. The first-order valence-corrected chi connectivity index (χ1v) is 13.2. The second-order valence-electron chi connectivity index (χ2n) is 12.1. The number of carbonyl (C=O) groups excluding carboxylic acids is 1. The Morgan fingerprint density at radius 1 is 0.735 bits per heavy atom. The molecule has 0 aliphatic rings. The molecular formula is C28H56O6. The van der Waals surface area contributed by atoms with Crippen LogP contribution in [-0.2, 0) is 28.5 Å². The van der Waals surface area contributed by atoms with E-state index >= 15 is 0 Å². The van der Waals surface area contributed by atoms with Crippen molar-refractivity contribution in [1.82, 2.24) is 0 Å². The molecule has 0 spiro atoms. The molecule has 0 rings (SSSR count). The van der Waals surface area contributed by atoms with E-state index in [0.29, 0.717) is 19.6 Å². The highest BCUT2D eigenvalue weighted by atomic mass is 16.6. The second kappa shape index (κ2) is 14.8. The summed E-state index contributed by atoms with van der Waals surface area (Å²) in [6.07, 6.45) is 4.34. The number of carbonyl (C=O) groups is 1. The van der Waals surface area contributed by atoms with Gasteiger partial charge in [0.25, 0.3) is 0 Å². The fourth-order valence-electron chi connectivity index (χ4n) is 3.42. The highest BCUT2D eigenvalue weighted by Gasteiger charge is 2.39. The fraction of sp³-hybridized carbons (Fsp3) is 0.964. The van der Waals surface area contributed by atoms with Gasteiger partial charge in [-0.25, -0.2) is 0 Å². The maximum Gasteiger partial charge on any atom is 0.305 e. The number of ether oxygens (including phenoxy) is 5. The Bertz CT molecular complexity index is 565. The van der Waals surface area contributed by atoms with Gasteiger partial charge in [-0.1, -0.05) is 20.8 Å². The zero-order chi connectivity index (χ0) is 26.6. The molecule has 1 atom stereocenters. The summed E-state index contributed by atoms with van der Waals surface area (Å²) >= 11 is 0. The molecule has 0 aliphatic heterocycles. The Kier molecular flexibility index (Phi) is 14.5. The Morgan fingerprint density at radius 2 is 1.29 bits per heavy atom. The van der Waals surface area contributed by atoms with Gasteiger partial charge in [0, 0.05) is 13.0 Å². The van der Waals surface area contributed by atoms with E-state index in [1.54, 1.807) is 6.92 Å². The van der Waals surface area contributed by atoms with E-state index in [2.05, 4.69) is 62.3 Å². The van der Waals surface area contributed by atoms with Crippen LogP contribution in [0.15, 0.2) is 0 Å². The van der Waals surface area contributed by atoms with Crippen LogP contribution >= 0.6 is 0 Å². The van der Waals surface area contributed by atoms with Crippen molar-refractivity contribution in [2.45, 2.75) is 144 Å². The van der Waals surface area contributed by atoms with E-state index in [9.17, 15) is 4.79 Å². The topological polar surface area (TPSA) is 63.2 Å². The highest BCUT2D eigenvalue weighted by Crippen LogP contribution is 2.38. The maximum atomic E-state index is 11.2. The lowest BCUT2D eigenvalue weighted by Crippen LogP contribution is -2.44. The number of hydrogen-bond donors (Lipinski definition) is 0. The molecule has 0 aromatic rings. The first-order chi connectivity index (χ1) is 15.4. The summed E-state index contributed by atoms with van der Waals surface area (Å²) in [4.78, 5) is 11.2. The molecule has 34 heavy (non-hydrogen) atoms. The average molecular weight is 489 g/mol. The molecule has 6 heteroatoms. The molecule has 0 amide bonds. The zero-order valence-corrected chi connectivity index (χ0v) is 24.5. The van der Waals surface area contributed by atoms with Crippen LogP contribution in [0.25, 0.3) is 0 Å². The predicted octanol–water partition coefficient (Wildman–Crippen LogP) is 6.73. The Balaban J connectivity index is 4.41. The van der Waals surface area contributed by atoms with Gasteiger partial charge in [0.2, 0.25) is 0 Å². The summed E-state index contributed by atoms with van der Waals surface area (Å²) in [5.41, 5.74) is -0.831. The lowest BCUT2D eigenvalue weighted by molar-refractivity contribution is -0.148. The van der Waals surface area contributed by atoms with Crippen LogP contribution < -0.4 is 0 Å². The average Bonchev–Trinajstić information content (AvgIpc) is 2.68. The van der Waals surface area contributed by atoms with Gasteiger partial charge in [0.1, 0.15) is 6.61 Å². The molecule has 0 bridgehead atoms. The van der Waals surface area contributed by atoms with Crippen LogP contribution in [0.2, 0.25) is 0 Å². The maximum absolute atomic E-state index is 11.2. The number of hydrogen-bond acceptors (Lipinski definition) is 6. The minimum absolute atomic E-state index is 0.00260. The minimum Gasteiger partial charge on any atom is -0.463 e. The summed E-state index contributed by atoms with van der Waals surface area (Å²) in [6.45, 7) is 27.4. The van der Waals surface area contributed by atoms with E-state index in [0.717, 1.165) is 32.3 Å². The van der Waals surface area contributed by atoms with Crippen LogP contribution in [0.5, 0.6) is 0 Å². The second-order valence-corrected chi connectivity index (χ2v) is 12.1. The monoisotopic (exact) mass is 488 g/mol. The van der Waals surface area contributed by atoms with E-state index in [4.69, 9.17) is 23.7 Å². The summed E-state index contributed by atoms with van der Waals surface area (Å²) < 4.78 is 29.5. The molecule has 0 aliphatic carbocycles. The van der Waals surface area contributed by atoms with Crippen molar-refractivity contribution in [3.63, 3.8) is 0 Å². The molecule has 0 heterocycles. The molecule has 0 aromatic carbocycles. The highest BCUT2D eigenvalue weighted by molar-refractivity contribution is 5.68. The standard InChI is InChI=1S/C28H56O6/c1-13-24(29)31-20-21-33-27(9,10)17-19-32-26(7,8)15-14-23(4)34-28(11,12)25(5,6)16-18-30-22(2)3/h22-23H,13-21H2,1-12H3. The SMILES string of the molecule is CCC(=O)OCCOC(C)(C)CCOC(C)(C)CCC(C)OC(C)(C)C(C)(C)CCOC(C)C. The van der Waals surface area contributed by atoms with Crippen LogP contribution in [0.3, 0.4) is 0 Å². The molecular weight excluding hydrogens is 432 g/mol. The molecule has 0 saturated heterocycles. The van der Waals surface area contributed by atoms with Gasteiger partial charge in [-0.05, 0) is 93.4 Å². The van der Waals surface area contributed by atoms with Crippen molar-refractivity contribution in [2.24, 2.45) is 5.41 Å². The third-order valence-corrected chi connectivity index (χ3v) is 6.78. The minimum atomic E-state index is -0.333. The summed E-state index contributed by atoms with van der Waals surface area (Å²) in [5.74, 6) is -0.197. The molecule has 0 fully saturated rings. The normalized spacial score (nSPS) is 14.5. The largest absolute Gasteiger partial charge is 0.463 e. The number of rotatable bonds is 19. The van der Waals surface area contributed by atoms with Gasteiger partial charge < -0.3 is 23.7 Å². The fourth-order valence-corrected chi connectivity index (χ4v) is 3.42. The molecule has 0 aromatic heterocycles. The quantitative estimate of drug-likeness (QED) is 0.148. The predicted molar refractivity (Wildman–Crippen MR) is 139 cm³/mol. The van der Waals surface area contributed by atoms with Gasteiger partial charge in [-0.2, -0.15) is 0 Å². The molecule has 1 unspecified atom stereocenters. The molecule has 0 N–H and O–H groups in total. The van der Waals surface area contributed by atoms with E-state index in [-0.39, 0.29) is 47.0 Å². The van der Waals surface area contributed by atoms with E-state index in [1.165, 1.54) is 0 Å². The van der Waals surface area contributed by atoms with Crippen molar-refractivity contribution in [3.05, 3.63) is 0 Å². The van der Waals surface area contributed by atoms with Crippen molar-refractivity contribution in [1.29, 1.82) is 0 Å². The Labute approximate surface area is 210 Å². The third-order valence-electron chi connectivity index (χ3n) is 6.78. The summed E-state index contributed by atoms with van der Waals surface area (Å²) in [6, 6.07) is 0. The van der Waals surface area contributed by atoms with Gasteiger partial charge in [-0.3, -0.25) is 4.79 Å². The first kappa shape index (κ1) is 33.3. The van der Waals surface area contributed by atoms with Gasteiger partial charge in [0.05, 0.1) is 42.2 Å². The summed E-state index contributed by atoms with van der Waals surface area (Å²) in [5, 5.41) is 0. The van der Waals surface area contributed by atoms with E-state index < -0.39 is 0 Å². The third kappa shape index (κ3) is 14.7. The Hall–Kier alpha value is -0.690. The van der Waals surface area contributed by atoms with Crippen molar-refractivity contribution < 1.29 is 28.5 Å². The van der Waals surface area contributed by atoms with Crippen molar-refractivity contribution in [2.75, 3.05) is 26.4 Å². The van der Waals surface area contributed by atoms with Crippen molar-refractivity contribution >= 4 is 5.97 Å². The van der Waals surface area contributed by atoms with Crippen LogP contribution in [0.4, 0.5) is 0 Å². The van der Waals surface area contributed by atoms with Gasteiger partial charge in [-0.15, -0.1) is 0 Å². The molecule has 0 saturated carbocycles. The Morgan fingerprint density at radius 3 is 1.85 bits per heavy atom. The first-order valence-electron chi connectivity index (χ1n) is 13.2. The lowest BCUT2D eigenvalue weighted by atomic mass is 9.74. The van der Waals surface area contributed by atoms with Crippen LogP contribution in [-0.4, -0.2) is 61.4 Å². The van der Waals surface area contributed by atoms with E-state index in [1.807, 2.05) is 13.8 Å². The molecule has 0 radical (unpaired) electrons.